The highest BCUT2D eigenvalue weighted by Gasteiger charge is 2.57. The molecule has 0 spiro atoms. The van der Waals surface area contributed by atoms with E-state index < -0.39 is 18.5 Å². The summed E-state index contributed by atoms with van der Waals surface area (Å²) in [6.07, 6.45) is 9.51. The summed E-state index contributed by atoms with van der Waals surface area (Å²) in [5.41, 5.74) is 2.77. The SMILES string of the molecule is CC.CN(C)OC12CCCC1C1C(CC2)c2ccc(O)cc2C[C@H]1CCCCCCCCCSCCCC(F)(F)C(F)(F)F.CO.N. The quantitative estimate of drug-likeness (QED) is 0.0905. The Bertz CT molecular complexity index is 1000. The van der Waals surface area contributed by atoms with Gasteiger partial charge in [0.25, 0.3) is 0 Å². The fraction of sp³-hybridized carbons (Fsp3) is 0.833. The van der Waals surface area contributed by atoms with Crippen molar-refractivity contribution in [1.29, 1.82) is 0 Å². The molecule has 2 fully saturated rings. The molecule has 5 N–H and O–H groups in total. The first-order valence-electron chi connectivity index (χ1n) is 17.6. The number of hydrogen-bond acceptors (Lipinski definition) is 6. The Labute approximate surface area is 285 Å². The second kappa shape index (κ2) is 21.2. The summed E-state index contributed by atoms with van der Waals surface area (Å²) in [4.78, 5) is 6.57. The Morgan fingerprint density at radius 1 is 0.894 bits per heavy atom. The molecule has 0 amide bonds. The first-order chi connectivity index (χ1) is 21.9. The molecular weight excluding hydrogens is 635 g/mol. The fourth-order valence-corrected chi connectivity index (χ4v) is 9.28. The summed E-state index contributed by atoms with van der Waals surface area (Å²) in [6.45, 7) is 4.00. The zero-order valence-corrected chi connectivity index (χ0v) is 30.3. The van der Waals surface area contributed by atoms with E-state index in [9.17, 15) is 27.1 Å². The van der Waals surface area contributed by atoms with Gasteiger partial charge in [-0.2, -0.15) is 38.8 Å². The lowest BCUT2D eigenvalue weighted by molar-refractivity contribution is -0.284. The molecule has 1 aromatic carbocycles. The molecule has 3 aliphatic rings. The van der Waals surface area contributed by atoms with Crippen LogP contribution in [0.25, 0.3) is 0 Å². The molecule has 5 nitrogen and oxygen atoms in total. The molecule has 0 aliphatic heterocycles. The minimum absolute atomic E-state index is 0. The van der Waals surface area contributed by atoms with E-state index in [2.05, 4.69) is 6.07 Å². The molecule has 47 heavy (non-hydrogen) atoms. The van der Waals surface area contributed by atoms with Gasteiger partial charge in [0.1, 0.15) is 5.75 Å². The molecule has 2 saturated carbocycles. The van der Waals surface area contributed by atoms with Gasteiger partial charge < -0.3 is 16.4 Å². The van der Waals surface area contributed by atoms with E-state index >= 15 is 0 Å². The van der Waals surface area contributed by atoms with Gasteiger partial charge in [-0.1, -0.05) is 64.9 Å². The summed E-state index contributed by atoms with van der Waals surface area (Å²) in [5, 5.41) is 19.1. The van der Waals surface area contributed by atoms with Crippen LogP contribution >= 0.6 is 11.8 Å². The lowest BCUT2D eigenvalue weighted by Crippen LogP contribution is -2.52. The Hall–Kier alpha value is -1.14. The van der Waals surface area contributed by atoms with Crippen molar-refractivity contribution in [2.75, 3.05) is 32.7 Å². The summed E-state index contributed by atoms with van der Waals surface area (Å²) in [5.74, 6) is -0.640. The highest BCUT2D eigenvalue weighted by atomic mass is 32.2. The number of phenols is 1. The van der Waals surface area contributed by atoms with Crippen LogP contribution in [-0.4, -0.2) is 65.7 Å². The summed E-state index contributed by atoms with van der Waals surface area (Å²) in [7, 11) is 5.02. The van der Waals surface area contributed by atoms with Crippen LogP contribution in [0.2, 0.25) is 0 Å². The van der Waals surface area contributed by atoms with Crippen LogP contribution in [0.1, 0.15) is 127 Å². The zero-order chi connectivity index (χ0) is 34.4. The summed E-state index contributed by atoms with van der Waals surface area (Å²) in [6, 6.07) is 6.04. The molecule has 0 heterocycles. The Morgan fingerprint density at radius 2 is 1.51 bits per heavy atom. The molecule has 0 aromatic heterocycles. The molecule has 0 saturated heterocycles. The van der Waals surface area contributed by atoms with Gasteiger partial charge in [-0.15, -0.1) is 0 Å². The van der Waals surface area contributed by atoms with Gasteiger partial charge >= 0.3 is 12.1 Å². The average Bonchev–Trinajstić information content (AvgIpc) is 3.43. The number of benzene rings is 1. The molecule has 0 bridgehead atoms. The van der Waals surface area contributed by atoms with Crippen molar-refractivity contribution in [3.63, 3.8) is 0 Å². The minimum atomic E-state index is -5.44. The van der Waals surface area contributed by atoms with Gasteiger partial charge in [0.05, 0.1) is 5.60 Å². The van der Waals surface area contributed by atoms with Gasteiger partial charge in [0.2, 0.25) is 0 Å². The number of aromatic hydroxyl groups is 1. The topological polar surface area (TPSA) is 87.9 Å². The predicted octanol–water partition coefficient (Wildman–Crippen LogP) is 10.7. The molecule has 4 rings (SSSR count). The monoisotopic (exact) mass is 698 g/mol. The summed E-state index contributed by atoms with van der Waals surface area (Å²) < 4.78 is 62.5. The van der Waals surface area contributed by atoms with Gasteiger partial charge in [0, 0.05) is 27.6 Å². The number of rotatable bonds is 16. The maximum atomic E-state index is 12.9. The van der Waals surface area contributed by atoms with Crippen LogP contribution < -0.4 is 6.15 Å². The maximum absolute atomic E-state index is 12.9. The van der Waals surface area contributed by atoms with E-state index in [4.69, 9.17) is 9.94 Å². The average molecular weight is 699 g/mol. The smallest absolute Gasteiger partial charge is 0.453 e. The van der Waals surface area contributed by atoms with Crippen LogP contribution in [0.15, 0.2) is 18.2 Å². The number of aliphatic hydroxyl groups is 1. The molecule has 0 radical (unpaired) electrons. The third-order valence-electron chi connectivity index (χ3n) is 10.1. The van der Waals surface area contributed by atoms with Crippen molar-refractivity contribution in [3.05, 3.63) is 29.3 Å². The standard InChI is InChI=1S/C33H50F5NO2S.C2H6.CH4O.H3N/c1-39(2)41-31-17-10-13-29(31)30-24(22-25-23-26(40)14-15-27(25)28(30)16-19-31)12-8-6-4-3-5-7-9-20-42-21-11-18-32(34,35)33(36,37)38;2*1-2;/h14-15,23-24,28-30,40H,3-13,16-22H2,1-2H3;1-2H3;2H,1H3;1H3/t24-,28?,29?,30?,31?;;;/m1.../s1. The first kappa shape index (κ1) is 43.9. The van der Waals surface area contributed by atoms with Crippen molar-refractivity contribution in [2.24, 2.45) is 17.8 Å². The van der Waals surface area contributed by atoms with Crippen molar-refractivity contribution >= 4 is 11.8 Å². The predicted molar refractivity (Wildman–Crippen MR) is 185 cm³/mol. The number of phenolic OH excluding ortho intramolecular Hbond substituents is 1. The zero-order valence-electron chi connectivity index (χ0n) is 29.5. The molecule has 276 valence electrons. The van der Waals surface area contributed by atoms with Crippen molar-refractivity contribution in [3.8, 4) is 5.75 Å². The van der Waals surface area contributed by atoms with Crippen molar-refractivity contribution in [2.45, 2.75) is 140 Å². The molecule has 11 heteroatoms. The van der Waals surface area contributed by atoms with Gasteiger partial charge in [-0.3, -0.25) is 4.84 Å². The van der Waals surface area contributed by atoms with E-state index in [1.165, 1.54) is 67.8 Å². The fourth-order valence-electron chi connectivity index (χ4n) is 8.32. The van der Waals surface area contributed by atoms with E-state index in [0.29, 0.717) is 35.2 Å². The lowest BCUT2D eigenvalue weighted by atomic mass is 9.55. The highest BCUT2D eigenvalue weighted by Crippen LogP contribution is 2.60. The van der Waals surface area contributed by atoms with Gasteiger partial charge in [-0.05, 0) is 110 Å². The number of aliphatic hydroxyl groups excluding tert-OH is 1. The number of halogens is 5. The van der Waals surface area contributed by atoms with E-state index in [0.717, 1.165) is 57.8 Å². The van der Waals surface area contributed by atoms with Crippen molar-refractivity contribution < 1.29 is 37.0 Å². The normalized spacial score (nSPS) is 24.9. The van der Waals surface area contributed by atoms with E-state index in [1.807, 2.05) is 45.1 Å². The number of hydrogen-bond donors (Lipinski definition) is 3. The minimum Gasteiger partial charge on any atom is -0.508 e. The van der Waals surface area contributed by atoms with E-state index in [-0.39, 0.29) is 18.2 Å². The maximum Gasteiger partial charge on any atom is 0.453 e. The second-order valence-corrected chi connectivity index (χ2v) is 14.4. The Kier molecular flexibility index (Phi) is 19.8. The number of unbranched alkanes of at least 4 members (excludes halogenated alkanes) is 6. The molecule has 3 aliphatic carbocycles. The Balaban J connectivity index is 0.00000213. The number of nitrogens with zero attached hydrogens (tertiary/aromatic N) is 1. The van der Waals surface area contributed by atoms with Crippen LogP contribution in [-0.2, 0) is 11.3 Å². The number of thioether (sulfide) groups is 1. The van der Waals surface area contributed by atoms with Crippen molar-refractivity contribution in [1.82, 2.24) is 11.2 Å². The third-order valence-corrected chi connectivity index (χ3v) is 11.2. The van der Waals surface area contributed by atoms with Gasteiger partial charge in [0.15, 0.2) is 0 Å². The molecule has 5 atom stereocenters. The largest absolute Gasteiger partial charge is 0.508 e. The number of alkyl halides is 5. The Morgan fingerprint density at radius 3 is 2.15 bits per heavy atom. The van der Waals surface area contributed by atoms with Crippen LogP contribution in [0.4, 0.5) is 22.0 Å². The van der Waals surface area contributed by atoms with Gasteiger partial charge in [-0.25, -0.2) is 0 Å². The number of fused-ring (bicyclic) bond motifs is 5. The van der Waals surface area contributed by atoms with Crippen LogP contribution in [0.3, 0.4) is 0 Å². The number of hydroxylamine groups is 2. The lowest BCUT2D eigenvalue weighted by Gasteiger charge is -2.53. The highest BCUT2D eigenvalue weighted by molar-refractivity contribution is 7.99. The third kappa shape index (κ3) is 12.3. The second-order valence-electron chi connectivity index (χ2n) is 13.2. The molecular formula is C36H63F5N2O3S. The van der Waals surface area contributed by atoms with Crippen LogP contribution in [0, 0.1) is 17.8 Å². The first-order valence-corrected chi connectivity index (χ1v) is 18.7. The molecule has 4 unspecified atom stereocenters. The van der Waals surface area contributed by atoms with Crippen LogP contribution in [0.5, 0.6) is 5.75 Å². The molecule has 1 aromatic rings. The van der Waals surface area contributed by atoms with E-state index in [1.54, 1.807) is 0 Å². The summed E-state index contributed by atoms with van der Waals surface area (Å²) >= 11 is 1.48.